The lowest BCUT2D eigenvalue weighted by Gasteiger charge is -2.24. The summed E-state index contributed by atoms with van der Waals surface area (Å²) in [6.07, 6.45) is 1.62. The zero-order valence-corrected chi connectivity index (χ0v) is 22.8. The molecular formula is C34H35FN2O2. The van der Waals surface area contributed by atoms with Gasteiger partial charge in [0.1, 0.15) is 5.82 Å². The van der Waals surface area contributed by atoms with Crippen LogP contribution >= 0.6 is 0 Å². The van der Waals surface area contributed by atoms with Gasteiger partial charge in [-0.2, -0.15) is 0 Å². The van der Waals surface area contributed by atoms with Crippen LogP contribution in [0.1, 0.15) is 63.7 Å². The highest BCUT2D eigenvalue weighted by Gasteiger charge is 2.22. The number of halogens is 1. The van der Waals surface area contributed by atoms with Gasteiger partial charge in [0.05, 0.1) is 6.04 Å². The van der Waals surface area contributed by atoms with Gasteiger partial charge in [0.25, 0.3) is 11.8 Å². The minimum Gasteiger partial charge on any atom is -0.345 e. The van der Waals surface area contributed by atoms with Crippen LogP contribution in [-0.4, -0.2) is 29.8 Å². The van der Waals surface area contributed by atoms with Gasteiger partial charge in [0, 0.05) is 24.2 Å². The minimum absolute atomic E-state index is 0.0468. The molecule has 4 aromatic carbocycles. The van der Waals surface area contributed by atoms with Crippen LogP contribution < -0.4 is 5.32 Å². The van der Waals surface area contributed by atoms with E-state index in [0.29, 0.717) is 29.8 Å². The van der Waals surface area contributed by atoms with Gasteiger partial charge in [0.15, 0.2) is 0 Å². The van der Waals surface area contributed by atoms with Gasteiger partial charge in [-0.25, -0.2) is 4.39 Å². The Morgan fingerprint density at radius 3 is 2.03 bits per heavy atom. The van der Waals surface area contributed by atoms with Crippen LogP contribution in [0.4, 0.5) is 4.39 Å². The zero-order chi connectivity index (χ0) is 27.8. The SMILES string of the molecule is CCCN(CCc1ccc(C)cc1)C(=O)c1ccccc1-c1ccccc1C(=O)NC(C)c1ccc(F)cc1. The zero-order valence-electron chi connectivity index (χ0n) is 22.8. The first kappa shape index (κ1) is 27.8. The third kappa shape index (κ3) is 6.99. The summed E-state index contributed by atoms with van der Waals surface area (Å²) in [6.45, 7) is 7.26. The number of nitrogens with one attached hydrogen (secondary N) is 1. The Morgan fingerprint density at radius 2 is 1.38 bits per heavy atom. The fraction of sp³-hybridized carbons (Fsp3) is 0.235. The van der Waals surface area contributed by atoms with Crippen molar-refractivity contribution in [3.05, 3.63) is 131 Å². The number of hydrogen-bond acceptors (Lipinski definition) is 2. The summed E-state index contributed by atoms with van der Waals surface area (Å²) >= 11 is 0. The summed E-state index contributed by atoms with van der Waals surface area (Å²) in [5, 5.41) is 3.02. The van der Waals surface area contributed by atoms with Crippen molar-refractivity contribution in [3.63, 3.8) is 0 Å². The normalized spacial score (nSPS) is 11.6. The summed E-state index contributed by atoms with van der Waals surface area (Å²) in [6, 6.07) is 29.0. The number of carbonyl (C=O) groups excluding carboxylic acids is 2. The average Bonchev–Trinajstić information content (AvgIpc) is 2.96. The maximum absolute atomic E-state index is 13.9. The van der Waals surface area contributed by atoms with Crippen molar-refractivity contribution in [2.45, 2.75) is 39.7 Å². The lowest BCUT2D eigenvalue weighted by molar-refractivity contribution is 0.0757. The molecule has 0 heterocycles. The predicted molar refractivity (Wildman–Crippen MR) is 155 cm³/mol. The lowest BCUT2D eigenvalue weighted by atomic mass is 9.94. The molecule has 0 saturated heterocycles. The van der Waals surface area contributed by atoms with E-state index in [1.165, 1.54) is 23.3 Å². The quantitative estimate of drug-likeness (QED) is 0.236. The topological polar surface area (TPSA) is 49.4 Å². The molecule has 0 aromatic heterocycles. The fourth-order valence-electron chi connectivity index (χ4n) is 4.70. The van der Waals surface area contributed by atoms with E-state index in [1.54, 1.807) is 18.2 Å². The third-order valence-corrected chi connectivity index (χ3v) is 6.91. The van der Waals surface area contributed by atoms with Gasteiger partial charge in [-0.1, -0.05) is 85.3 Å². The maximum atomic E-state index is 13.9. The van der Waals surface area contributed by atoms with Gasteiger partial charge in [-0.05, 0) is 73.2 Å². The Bertz CT molecular complexity index is 1410. The Labute approximate surface area is 230 Å². The minimum atomic E-state index is -0.320. The summed E-state index contributed by atoms with van der Waals surface area (Å²) < 4.78 is 13.4. The molecule has 0 spiro atoms. The number of benzene rings is 4. The van der Waals surface area contributed by atoms with Gasteiger partial charge >= 0.3 is 0 Å². The smallest absolute Gasteiger partial charge is 0.254 e. The molecule has 5 heteroatoms. The van der Waals surface area contributed by atoms with Crippen LogP contribution in [0.2, 0.25) is 0 Å². The predicted octanol–water partition coefficient (Wildman–Crippen LogP) is 7.39. The standard InChI is InChI=1S/C34H35FN2O2/c1-4-22-37(23-21-26-15-13-24(2)14-16-26)34(39)32-12-8-6-10-30(32)29-9-5-7-11-31(29)33(38)36-25(3)27-17-19-28(35)20-18-27/h5-20,25H,4,21-23H2,1-3H3,(H,36,38). The molecule has 39 heavy (non-hydrogen) atoms. The van der Waals surface area contributed by atoms with E-state index in [4.69, 9.17) is 0 Å². The monoisotopic (exact) mass is 522 g/mol. The Hall–Kier alpha value is -4.25. The Morgan fingerprint density at radius 1 is 0.795 bits per heavy atom. The van der Waals surface area contributed by atoms with E-state index < -0.39 is 0 Å². The van der Waals surface area contributed by atoms with E-state index in [9.17, 15) is 14.0 Å². The van der Waals surface area contributed by atoms with Crippen LogP contribution in [0.3, 0.4) is 0 Å². The molecule has 0 radical (unpaired) electrons. The van der Waals surface area contributed by atoms with E-state index in [1.807, 2.05) is 54.3 Å². The molecule has 200 valence electrons. The highest BCUT2D eigenvalue weighted by molar-refractivity contribution is 6.06. The van der Waals surface area contributed by atoms with Gasteiger partial charge < -0.3 is 10.2 Å². The second kappa shape index (κ2) is 13.0. The Kier molecular flexibility index (Phi) is 9.27. The van der Waals surface area contributed by atoms with Crippen molar-refractivity contribution in [1.82, 2.24) is 10.2 Å². The molecular weight excluding hydrogens is 487 g/mol. The van der Waals surface area contributed by atoms with Crippen LogP contribution in [0, 0.1) is 12.7 Å². The molecule has 4 nitrogen and oxygen atoms in total. The lowest BCUT2D eigenvalue weighted by Crippen LogP contribution is -2.34. The number of amides is 2. The first-order valence-electron chi connectivity index (χ1n) is 13.5. The summed E-state index contributed by atoms with van der Waals surface area (Å²) in [7, 11) is 0. The van der Waals surface area contributed by atoms with Crippen LogP contribution in [-0.2, 0) is 6.42 Å². The van der Waals surface area contributed by atoms with Crippen LogP contribution in [0.25, 0.3) is 11.1 Å². The average molecular weight is 523 g/mol. The molecule has 0 bridgehead atoms. The van der Waals surface area contributed by atoms with Gasteiger partial charge in [-0.3, -0.25) is 9.59 Å². The fourth-order valence-corrected chi connectivity index (χ4v) is 4.70. The summed E-state index contributed by atoms with van der Waals surface area (Å²) in [4.78, 5) is 29.2. The van der Waals surface area contributed by atoms with Crippen molar-refractivity contribution < 1.29 is 14.0 Å². The second-order valence-corrected chi connectivity index (χ2v) is 9.87. The molecule has 1 atom stereocenters. The molecule has 0 aliphatic rings. The molecule has 4 aromatic rings. The largest absolute Gasteiger partial charge is 0.345 e. The van der Waals surface area contributed by atoms with Gasteiger partial charge in [-0.15, -0.1) is 0 Å². The number of rotatable bonds is 10. The highest BCUT2D eigenvalue weighted by Crippen LogP contribution is 2.29. The number of hydrogen-bond donors (Lipinski definition) is 1. The molecule has 2 amide bonds. The molecule has 1 N–H and O–H groups in total. The second-order valence-electron chi connectivity index (χ2n) is 9.87. The number of carbonyl (C=O) groups is 2. The molecule has 0 aliphatic carbocycles. The van der Waals surface area contributed by atoms with Gasteiger partial charge in [0.2, 0.25) is 0 Å². The third-order valence-electron chi connectivity index (χ3n) is 6.91. The van der Waals surface area contributed by atoms with Crippen molar-refractivity contribution in [2.24, 2.45) is 0 Å². The molecule has 0 aliphatic heterocycles. The maximum Gasteiger partial charge on any atom is 0.254 e. The highest BCUT2D eigenvalue weighted by atomic mass is 19.1. The van der Waals surface area contributed by atoms with E-state index >= 15 is 0 Å². The molecule has 0 fully saturated rings. The molecule has 4 rings (SSSR count). The van der Waals surface area contributed by atoms with Crippen molar-refractivity contribution in [1.29, 1.82) is 0 Å². The van der Waals surface area contributed by atoms with E-state index in [0.717, 1.165) is 24.0 Å². The summed E-state index contributed by atoms with van der Waals surface area (Å²) in [5.41, 5.74) is 5.68. The van der Waals surface area contributed by atoms with Crippen molar-refractivity contribution in [2.75, 3.05) is 13.1 Å². The first-order valence-corrected chi connectivity index (χ1v) is 13.5. The van der Waals surface area contributed by atoms with Crippen molar-refractivity contribution in [3.8, 4) is 11.1 Å². The Balaban J connectivity index is 1.59. The van der Waals surface area contributed by atoms with Crippen LogP contribution in [0.15, 0.2) is 97.1 Å². The molecule has 1 unspecified atom stereocenters. The molecule has 0 saturated carbocycles. The number of aryl methyl sites for hydroxylation is 1. The van der Waals surface area contributed by atoms with E-state index in [2.05, 4.69) is 43.4 Å². The number of nitrogens with zero attached hydrogens (tertiary/aromatic N) is 1. The first-order chi connectivity index (χ1) is 18.9. The van der Waals surface area contributed by atoms with Crippen LogP contribution in [0.5, 0.6) is 0 Å². The van der Waals surface area contributed by atoms with E-state index in [-0.39, 0.29) is 23.7 Å². The summed E-state index contributed by atoms with van der Waals surface area (Å²) in [5.74, 6) is -0.621. The van der Waals surface area contributed by atoms with Crippen molar-refractivity contribution >= 4 is 11.8 Å².